The lowest BCUT2D eigenvalue weighted by molar-refractivity contribution is -0.119. The summed E-state index contributed by atoms with van der Waals surface area (Å²) in [5, 5.41) is 13.2. The number of imidazole rings is 1. The van der Waals surface area contributed by atoms with Crippen molar-refractivity contribution in [3.8, 4) is 11.3 Å². The molecule has 11 heteroatoms. The Hall–Kier alpha value is -3.24. The molecule has 0 unspecified atom stereocenters. The lowest BCUT2D eigenvalue weighted by atomic mass is 10.1. The highest BCUT2D eigenvalue weighted by molar-refractivity contribution is 6.35. The van der Waals surface area contributed by atoms with Crippen LogP contribution in [0, 0.1) is 5.82 Å². The van der Waals surface area contributed by atoms with Gasteiger partial charge >= 0.3 is 0 Å². The Bertz CT molecular complexity index is 1250. The van der Waals surface area contributed by atoms with Crippen LogP contribution in [0.25, 0.3) is 27.8 Å². The van der Waals surface area contributed by atoms with Crippen molar-refractivity contribution < 1.29 is 13.9 Å². The van der Waals surface area contributed by atoms with Crippen molar-refractivity contribution in [3.05, 3.63) is 35.6 Å². The van der Waals surface area contributed by atoms with Gasteiger partial charge in [-0.05, 0) is 13.8 Å². The molecule has 0 aliphatic rings. The fourth-order valence-electron chi connectivity index (χ4n) is 3.19. The number of aromatic amines is 1. The molecule has 0 fully saturated rings. The number of H-pyrrole nitrogens is 1. The number of rotatable bonds is 6. The molecule has 4 rings (SSSR count). The minimum Gasteiger partial charge on any atom is -0.379 e. The minimum absolute atomic E-state index is 0.0000742. The topological polar surface area (TPSA) is 109 Å². The second-order valence-corrected chi connectivity index (χ2v) is 7.36. The summed E-state index contributed by atoms with van der Waals surface area (Å²) >= 11 is 6.42. The van der Waals surface area contributed by atoms with Crippen molar-refractivity contribution in [2.75, 3.05) is 24.4 Å². The molecular weight excluding hydrogens is 413 g/mol. The number of anilines is 2. The van der Waals surface area contributed by atoms with Gasteiger partial charge in [0.25, 0.3) is 5.91 Å². The van der Waals surface area contributed by atoms with Crippen LogP contribution in [0.5, 0.6) is 0 Å². The van der Waals surface area contributed by atoms with Crippen molar-refractivity contribution in [1.29, 1.82) is 0 Å². The maximum atomic E-state index is 15.1. The number of methoxy groups -OCH3 is 1. The molecule has 0 bridgehead atoms. The van der Waals surface area contributed by atoms with Crippen LogP contribution in [0.15, 0.2) is 24.8 Å². The van der Waals surface area contributed by atoms with Gasteiger partial charge in [0.2, 0.25) is 0 Å². The quantitative estimate of drug-likeness (QED) is 0.431. The largest absolute Gasteiger partial charge is 0.379 e. The van der Waals surface area contributed by atoms with Crippen molar-refractivity contribution in [2.45, 2.75) is 19.9 Å². The Kier molecular flexibility index (Phi) is 5.27. The molecule has 0 radical (unpaired) electrons. The number of nitrogens with zero attached hydrogens (tertiary/aromatic N) is 4. The Balaban J connectivity index is 1.81. The molecule has 9 nitrogen and oxygen atoms in total. The van der Waals surface area contributed by atoms with Gasteiger partial charge in [0.1, 0.15) is 6.61 Å². The number of ether oxygens (including phenoxy) is 1. The summed E-state index contributed by atoms with van der Waals surface area (Å²) in [4.78, 5) is 20.4. The number of amides is 1. The van der Waals surface area contributed by atoms with Crippen LogP contribution >= 0.6 is 11.6 Å². The SMILES string of the molecule is COCC(=O)Nc1cn2cc(-c3c(Cl)c(F)c(NC(C)C)c4[nH]ncc34)ncc2n1. The van der Waals surface area contributed by atoms with Gasteiger partial charge in [0, 0.05) is 30.3 Å². The van der Waals surface area contributed by atoms with Crippen molar-refractivity contribution in [2.24, 2.45) is 0 Å². The van der Waals surface area contributed by atoms with Crippen LogP contribution < -0.4 is 10.6 Å². The number of hydrogen-bond acceptors (Lipinski definition) is 6. The second kappa shape index (κ2) is 7.88. The zero-order valence-electron chi connectivity index (χ0n) is 16.5. The summed E-state index contributed by atoms with van der Waals surface area (Å²) in [6.07, 6.45) is 6.38. The van der Waals surface area contributed by atoms with E-state index in [2.05, 4.69) is 30.8 Å². The summed E-state index contributed by atoms with van der Waals surface area (Å²) in [5.74, 6) is -0.567. The predicted molar refractivity (Wildman–Crippen MR) is 112 cm³/mol. The van der Waals surface area contributed by atoms with Crippen LogP contribution in [0.3, 0.4) is 0 Å². The Morgan fingerprint density at radius 3 is 2.90 bits per heavy atom. The van der Waals surface area contributed by atoms with E-state index in [0.717, 1.165) is 0 Å². The highest BCUT2D eigenvalue weighted by Crippen LogP contribution is 2.40. The molecule has 1 amide bonds. The number of carbonyl (C=O) groups excluding carboxylic acids is 1. The van der Waals surface area contributed by atoms with Crippen LogP contribution in [-0.2, 0) is 9.53 Å². The van der Waals surface area contributed by atoms with Crippen molar-refractivity contribution in [1.82, 2.24) is 24.6 Å². The molecule has 156 valence electrons. The maximum Gasteiger partial charge on any atom is 0.251 e. The van der Waals surface area contributed by atoms with E-state index >= 15 is 4.39 Å². The molecular formula is C19H19ClFN7O2. The molecule has 0 aliphatic carbocycles. The normalized spacial score (nSPS) is 11.5. The van der Waals surface area contributed by atoms with Crippen LogP contribution in [0.1, 0.15) is 13.8 Å². The van der Waals surface area contributed by atoms with E-state index in [1.807, 2.05) is 13.8 Å². The molecule has 4 aromatic rings. The number of hydrogen-bond donors (Lipinski definition) is 3. The number of halogens is 2. The molecule has 30 heavy (non-hydrogen) atoms. The predicted octanol–water partition coefficient (Wildman–Crippen LogP) is 3.47. The average molecular weight is 432 g/mol. The Morgan fingerprint density at radius 2 is 2.17 bits per heavy atom. The van der Waals surface area contributed by atoms with Gasteiger partial charge in [-0.3, -0.25) is 14.9 Å². The molecule has 3 N–H and O–H groups in total. The molecule has 1 aromatic carbocycles. The van der Waals surface area contributed by atoms with E-state index in [1.54, 1.807) is 23.0 Å². The fraction of sp³-hybridized carbons (Fsp3) is 0.263. The number of benzene rings is 1. The van der Waals surface area contributed by atoms with Crippen molar-refractivity contribution in [3.63, 3.8) is 0 Å². The van der Waals surface area contributed by atoms with Gasteiger partial charge in [0.05, 0.1) is 40.5 Å². The third-order valence-electron chi connectivity index (χ3n) is 4.36. The van der Waals surface area contributed by atoms with Gasteiger partial charge in [-0.2, -0.15) is 5.10 Å². The summed E-state index contributed by atoms with van der Waals surface area (Å²) in [7, 11) is 1.43. The molecule has 0 aliphatic heterocycles. The van der Waals surface area contributed by atoms with Gasteiger partial charge in [-0.25, -0.2) is 9.37 Å². The first kappa shape index (κ1) is 20.0. The first-order chi connectivity index (χ1) is 14.4. The Labute approximate surface area is 175 Å². The fourth-order valence-corrected chi connectivity index (χ4v) is 3.48. The summed E-state index contributed by atoms with van der Waals surface area (Å²) in [6, 6.07) is 0.0000742. The third kappa shape index (κ3) is 3.55. The van der Waals surface area contributed by atoms with Crippen LogP contribution in [-0.4, -0.2) is 50.2 Å². The maximum absolute atomic E-state index is 15.1. The number of aromatic nitrogens is 5. The van der Waals surface area contributed by atoms with Gasteiger partial charge in [-0.15, -0.1) is 0 Å². The molecule has 0 saturated heterocycles. The van der Waals surface area contributed by atoms with Gasteiger partial charge in [-0.1, -0.05) is 11.6 Å². The first-order valence-corrected chi connectivity index (χ1v) is 9.51. The van der Waals surface area contributed by atoms with Gasteiger partial charge < -0.3 is 19.8 Å². The molecule has 3 heterocycles. The minimum atomic E-state index is -0.586. The summed E-state index contributed by atoms with van der Waals surface area (Å²) in [6.45, 7) is 3.73. The van der Waals surface area contributed by atoms with E-state index in [1.165, 1.54) is 13.3 Å². The zero-order chi connectivity index (χ0) is 21.4. The summed E-state index contributed by atoms with van der Waals surface area (Å²) in [5.41, 5.74) is 2.11. The highest BCUT2D eigenvalue weighted by Gasteiger charge is 2.22. The van der Waals surface area contributed by atoms with Crippen LogP contribution in [0.4, 0.5) is 15.9 Å². The van der Waals surface area contributed by atoms with E-state index in [9.17, 15) is 4.79 Å². The number of nitrogens with one attached hydrogen (secondary N) is 3. The molecule has 3 aromatic heterocycles. The lowest BCUT2D eigenvalue weighted by Crippen LogP contribution is -2.17. The van der Waals surface area contributed by atoms with Crippen LogP contribution in [0.2, 0.25) is 5.02 Å². The van der Waals surface area contributed by atoms with E-state index in [0.29, 0.717) is 33.6 Å². The molecule has 0 atom stereocenters. The monoisotopic (exact) mass is 431 g/mol. The van der Waals surface area contributed by atoms with Crippen molar-refractivity contribution >= 4 is 45.6 Å². The van der Waals surface area contributed by atoms with E-state index in [4.69, 9.17) is 16.3 Å². The first-order valence-electron chi connectivity index (χ1n) is 9.13. The highest BCUT2D eigenvalue weighted by atomic mass is 35.5. The third-order valence-corrected chi connectivity index (χ3v) is 4.72. The van der Waals surface area contributed by atoms with Gasteiger partial charge in [0.15, 0.2) is 17.3 Å². The second-order valence-electron chi connectivity index (χ2n) is 6.98. The Morgan fingerprint density at radius 1 is 1.37 bits per heavy atom. The number of carbonyl (C=O) groups is 1. The number of fused-ring (bicyclic) bond motifs is 2. The van der Waals surface area contributed by atoms with E-state index < -0.39 is 5.82 Å². The molecule has 0 spiro atoms. The standard InChI is InChI=1S/C19H19ClFN7O2/c1-9(2)24-19-17(21)16(20)15(10-4-23-27-18(10)19)11-6-28-7-12(25-13(28)5-22-11)26-14(29)8-30-3/h4-7,9,24H,8H2,1-3H3,(H,23,27)(H,26,29). The lowest BCUT2D eigenvalue weighted by Gasteiger charge is -2.15. The van der Waals surface area contributed by atoms with E-state index in [-0.39, 0.29) is 29.3 Å². The average Bonchev–Trinajstić information content (AvgIpc) is 3.31. The summed E-state index contributed by atoms with van der Waals surface area (Å²) < 4.78 is 21.6. The smallest absolute Gasteiger partial charge is 0.251 e. The zero-order valence-corrected chi connectivity index (χ0v) is 17.2. The molecule has 0 saturated carbocycles.